The predicted molar refractivity (Wildman–Crippen MR) is 81.4 cm³/mol. The molecule has 1 heterocycles. The van der Waals surface area contributed by atoms with Crippen molar-refractivity contribution in [3.8, 4) is 0 Å². The van der Waals surface area contributed by atoms with E-state index in [0.29, 0.717) is 15.7 Å². The minimum atomic E-state index is -0.266. The molecule has 1 aromatic heterocycles. The van der Waals surface area contributed by atoms with Crippen LogP contribution < -0.4 is 5.32 Å². The maximum Gasteiger partial charge on any atom is 0.259 e. The van der Waals surface area contributed by atoms with Crippen LogP contribution in [0.25, 0.3) is 0 Å². The predicted octanol–water partition coefficient (Wildman–Crippen LogP) is 3.61. The first-order chi connectivity index (χ1) is 8.60. The van der Waals surface area contributed by atoms with Gasteiger partial charge in [-0.2, -0.15) is 0 Å². The monoisotopic (exact) mass is 393 g/mol. The number of halogens is 2. The van der Waals surface area contributed by atoms with Gasteiger partial charge in [-0.25, -0.2) is 0 Å². The number of anilines is 1. The molecule has 0 spiro atoms. The number of hydrogen-bond acceptors (Lipinski definition) is 4. The molecule has 0 bridgehead atoms. The number of aromatic nitrogens is 2. The van der Waals surface area contributed by atoms with Gasteiger partial charge < -0.3 is 0 Å². The van der Waals surface area contributed by atoms with Gasteiger partial charge in [0.05, 0.1) is 10.6 Å². The lowest BCUT2D eigenvalue weighted by Gasteiger charge is -2.04. The van der Waals surface area contributed by atoms with Gasteiger partial charge in [0.15, 0.2) is 0 Å². The molecule has 0 aliphatic heterocycles. The molecule has 94 valence electrons. The van der Waals surface area contributed by atoms with Crippen LogP contribution in [0.2, 0.25) is 5.02 Å². The Balaban J connectivity index is 2.19. The van der Waals surface area contributed by atoms with Crippen LogP contribution in [-0.2, 0) is 6.42 Å². The van der Waals surface area contributed by atoms with Crippen molar-refractivity contribution in [3.63, 3.8) is 0 Å². The third-order valence-electron chi connectivity index (χ3n) is 2.16. The topological polar surface area (TPSA) is 54.9 Å². The summed E-state index contributed by atoms with van der Waals surface area (Å²) in [5.41, 5.74) is 0.441. The first-order valence-electron chi connectivity index (χ1n) is 5.19. The van der Waals surface area contributed by atoms with Crippen LogP contribution in [0.3, 0.4) is 0 Å². The maximum atomic E-state index is 12.0. The number of aryl methyl sites for hydroxylation is 1. The minimum absolute atomic E-state index is 0.266. The summed E-state index contributed by atoms with van der Waals surface area (Å²) in [5.74, 6) is -0.266. The van der Waals surface area contributed by atoms with E-state index in [9.17, 15) is 4.79 Å². The van der Waals surface area contributed by atoms with Gasteiger partial charge in [0.1, 0.15) is 5.01 Å². The Labute approximate surface area is 127 Å². The number of nitrogens with one attached hydrogen (secondary N) is 1. The Kier molecular flexibility index (Phi) is 4.52. The zero-order valence-corrected chi connectivity index (χ0v) is 13.1. The highest BCUT2D eigenvalue weighted by Gasteiger charge is 2.13. The summed E-state index contributed by atoms with van der Waals surface area (Å²) >= 11 is 9.49. The number of amides is 1. The highest BCUT2D eigenvalue weighted by Crippen LogP contribution is 2.21. The van der Waals surface area contributed by atoms with Gasteiger partial charge in [0.2, 0.25) is 5.13 Å². The molecule has 0 radical (unpaired) electrons. The van der Waals surface area contributed by atoms with E-state index in [4.69, 9.17) is 11.6 Å². The fourth-order valence-electron chi connectivity index (χ4n) is 1.28. The van der Waals surface area contributed by atoms with Gasteiger partial charge in [0, 0.05) is 3.57 Å². The van der Waals surface area contributed by atoms with Crippen molar-refractivity contribution < 1.29 is 4.79 Å². The Morgan fingerprint density at radius 1 is 1.50 bits per heavy atom. The third kappa shape index (κ3) is 3.18. The Hall–Kier alpha value is -0.730. The number of carbonyl (C=O) groups excluding carboxylic acids is 1. The van der Waals surface area contributed by atoms with E-state index in [1.807, 2.05) is 13.0 Å². The first kappa shape index (κ1) is 13.7. The second-order valence-electron chi connectivity index (χ2n) is 3.43. The minimum Gasteiger partial charge on any atom is -0.296 e. The largest absolute Gasteiger partial charge is 0.296 e. The van der Waals surface area contributed by atoms with Gasteiger partial charge in [-0.05, 0) is 47.2 Å². The highest BCUT2D eigenvalue weighted by molar-refractivity contribution is 14.1. The molecule has 0 saturated heterocycles. The fourth-order valence-corrected chi connectivity index (χ4v) is 2.65. The van der Waals surface area contributed by atoms with E-state index < -0.39 is 0 Å². The zero-order valence-electron chi connectivity index (χ0n) is 9.41. The summed E-state index contributed by atoms with van der Waals surface area (Å²) in [5, 5.41) is 12.3. The standard InChI is InChI=1S/C11H9ClIN3OS/c1-2-9-15-16-11(18-9)14-10(17)7-5-6(13)3-4-8(7)12/h3-5H,2H2,1H3,(H,14,16,17). The third-order valence-corrected chi connectivity index (χ3v) is 4.15. The molecule has 0 unspecified atom stereocenters. The second kappa shape index (κ2) is 5.94. The Bertz CT molecular complexity index is 587. The summed E-state index contributed by atoms with van der Waals surface area (Å²) in [4.78, 5) is 12.0. The molecule has 2 rings (SSSR count). The molecule has 0 saturated carbocycles. The Morgan fingerprint density at radius 2 is 2.28 bits per heavy atom. The van der Waals surface area contributed by atoms with Crippen LogP contribution in [0.4, 0.5) is 5.13 Å². The summed E-state index contributed by atoms with van der Waals surface area (Å²) in [6.07, 6.45) is 0.803. The van der Waals surface area contributed by atoms with Crippen LogP contribution in [0.1, 0.15) is 22.3 Å². The van der Waals surface area contributed by atoms with Crippen molar-refractivity contribution in [1.29, 1.82) is 0 Å². The van der Waals surface area contributed by atoms with E-state index in [0.717, 1.165) is 15.0 Å². The molecule has 0 aliphatic carbocycles. The van der Waals surface area contributed by atoms with Crippen LogP contribution in [0.15, 0.2) is 18.2 Å². The summed E-state index contributed by atoms with van der Waals surface area (Å²) in [6.45, 7) is 1.99. The molecular weight excluding hydrogens is 385 g/mol. The van der Waals surface area contributed by atoms with Crippen LogP contribution in [0.5, 0.6) is 0 Å². The first-order valence-corrected chi connectivity index (χ1v) is 7.46. The van der Waals surface area contributed by atoms with Gasteiger partial charge in [0.25, 0.3) is 5.91 Å². The van der Waals surface area contributed by atoms with Gasteiger partial charge >= 0.3 is 0 Å². The van der Waals surface area contributed by atoms with Crippen LogP contribution in [-0.4, -0.2) is 16.1 Å². The van der Waals surface area contributed by atoms with E-state index >= 15 is 0 Å². The molecule has 0 fully saturated rings. The molecule has 7 heteroatoms. The van der Waals surface area contributed by atoms with Crippen molar-refractivity contribution in [2.75, 3.05) is 5.32 Å². The molecule has 4 nitrogen and oxygen atoms in total. The number of rotatable bonds is 3. The summed E-state index contributed by atoms with van der Waals surface area (Å²) in [7, 11) is 0. The average Bonchev–Trinajstić information content (AvgIpc) is 2.80. The summed E-state index contributed by atoms with van der Waals surface area (Å²) in [6, 6.07) is 5.29. The average molecular weight is 394 g/mol. The molecule has 18 heavy (non-hydrogen) atoms. The van der Waals surface area contributed by atoms with E-state index in [1.165, 1.54) is 11.3 Å². The van der Waals surface area contributed by atoms with Crippen LogP contribution >= 0.6 is 45.5 Å². The maximum absolute atomic E-state index is 12.0. The highest BCUT2D eigenvalue weighted by atomic mass is 127. The van der Waals surface area contributed by atoms with Crippen molar-refractivity contribution >= 4 is 56.6 Å². The Morgan fingerprint density at radius 3 is 2.94 bits per heavy atom. The molecule has 0 aliphatic rings. The molecule has 0 atom stereocenters. The van der Waals surface area contributed by atoms with Crippen molar-refractivity contribution in [2.24, 2.45) is 0 Å². The van der Waals surface area contributed by atoms with Crippen molar-refractivity contribution in [1.82, 2.24) is 10.2 Å². The summed E-state index contributed by atoms with van der Waals surface area (Å²) < 4.78 is 0.952. The van der Waals surface area contributed by atoms with Crippen molar-refractivity contribution in [2.45, 2.75) is 13.3 Å². The quantitative estimate of drug-likeness (QED) is 0.811. The van der Waals surface area contributed by atoms with Gasteiger partial charge in [-0.3, -0.25) is 10.1 Å². The van der Waals surface area contributed by atoms with Crippen molar-refractivity contribution in [3.05, 3.63) is 37.4 Å². The molecule has 1 N–H and O–H groups in total. The van der Waals surface area contributed by atoms with Gasteiger partial charge in [-0.1, -0.05) is 29.9 Å². The number of hydrogen-bond donors (Lipinski definition) is 1. The molecule has 1 aromatic carbocycles. The second-order valence-corrected chi connectivity index (χ2v) is 6.15. The molecular formula is C11H9ClIN3OS. The molecule has 1 amide bonds. The van der Waals surface area contributed by atoms with Crippen LogP contribution in [0, 0.1) is 3.57 Å². The lowest BCUT2D eigenvalue weighted by molar-refractivity contribution is 0.102. The smallest absolute Gasteiger partial charge is 0.259 e. The lowest BCUT2D eigenvalue weighted by Crippen LogP contribution is -2.12. The number of carbonyl (C=O) groups is 1. The molecule has 2 aromatic rings. The SMILES string of the molecule is CCc1nnc(NC(=O)c2cc(I)ccc2Cl)s1. The van der Waals surface area contributed by atoms with E-state index in [-0.39, 0.29) is 5.91 Å². The lowest BCUT2D eigenvalue weighted by atomic mass is 10.2. The number of benzene rings is 1. The van der Waals surface area contributed by atoms with E-state index in [2.05, 4.69) is 38.1 Å². The van der Waals surface area contributed by atoms with E-state index in [1.54, 1.807) is 12.1 Å². The normalized spacial score (nSPS) is 10.4. The fraction of sp³-hybridized carbons (Fsp3) is 0.182. The van der Waals surface area contributed by atoms with Gasteiger partial charge in [-0.15, -0.1) is 10.2 Å². The zero-order chi connectivity index (χ0) is 13.1. The number of nitrogens with zero attached hydrogens (tertiary/aromatic N) is 2.